The number of aromatic nitrogens is 2. The molecule has 5 heteroatoms. The lowest BCUT2D eigenvalue weighted by atomic mass is 10.0. The average Bonchev–Trinajstić information content (AvgIpc) is 2.65. The van der Waals surface area contributed by atoms with Gasteiger partial charge in [-0.3, -0.25) is 4.79 Å². The van der Waals surface area contributed by atoms with E-state index in [2.05, 4.69) is 15.3 Å². The fraction of sp³-hybridized carbons (Fsp3) is 0.0500. The van der Waals surface area contributed by atoms with Gasteiger partial charge in [0.1, 0.15) is 0 Å². The fourth-order valence-electron chi connectivity index (χ4n) is 2.89. The van der Waals surface area contributed by atoms with E-state index in [1.807, 2.05) is 66.7 Å². The van der Waals surface area contributed by atoms with E-state index >= 15 is 0 Å². The first kappa shape index (κ1) is 15.1. The highest BCUT2D eigenvalue weighted by molar-refractivity contribution is 5.98. The first-order valence-corrected chi connectivity index (χ1v) is 7.99. The standard InChI is InChI=1S/C20H16N4O/c21-19-18(23-16-10-3-4-11-17(16)24-19)20(25)22-12-14-8-5-7-13-6-1-2-9-15(13)14/h1-11H,12H2,(H2,21,24)(H,22,25). The Balaban J connectivity index is 1.61. The van der Waals surface area contributed by atoms with Gasteiger partial charge in [-0.05, 0) is 28.5 Å². The lowest BCUT2D eigenvalue weighted by Gasteiger charge is -2.09. The Morgan fingerprint density at radius 1 is 0.880 bits per heavy atom. The van der Waals surface area contributed by atoms with Crippen LogP contribution in [0.5, 0.6) is 0 Å². The Kier molecular flexibility index (Phi) is 3.74. The molecule has 0 saturated carbocycles. The molecule has 0 aliphatic heterocycles. The molecule has 1 amide bonds. The van der Waals surface area contributed by atoms with Crippen LogP contribution < -0.4 is 11.1 Å². The van der Waals surface area contributed by atoms with Gasteiger partial charge in [-0.2, -0.15) is 0 Å². The molecule has 0 saturated heterocycles. The van der Waals surface area contributed by atoms with E-state index in [0.717, 1.165) is 16.3 Å². The van der Waals surface area contributed by atoms with Gasteiger partial charge >= 0.3 is 0 Å². The number of nitrogens with one attached hydrogen (secondary N) is 1. The summed E-state index contributed by atoms with van der Waals surface area (Å²) < 4.78 is 0. The first-order chi connectivity index (χ1) is 12.2. The Morgan fingerprint density at radius 2 is 1.56 bits per heavy atom. The van der Waals surface area contributed by atoms with Gasteiger partial charge in [0.05, 0.1) is 11.0 Å². The van der Waals surface area contributed by atoms with Crippen molar-refractivity contribution >= 4 is 33.5 Å². The molecule has 3 aromatic carbocycles. The van der Waals surface area contributed by atoms with Crippen molar-refractivity contribution in [3.8, 4) is 0 Å². The van der Waals surface area contributed by atoms with Gasteiger partial charge in [-0.15, -0.1) is 0 Å². The molecule has 0 aliphatic rings. The van der Waals surface area contributed by atoms with Crippen LogP contribution in [0.15, 0.2) is 66.7 Å². The minimum absolute atomic E-state index is 0.133. The number of para-hydroxylation sites is 2. The van der Waals surface area contributed by atoms with Crippen LogP contribution in [0.4, 0.5) is 5.82 Å². The Hall–Kier alpha value is -3.47. The number of amides is 1. The topological polar surface area (TPSA) is 80.9 Å². The van der Waals surface area contributed by atoms with Crippen molar-refractivity contribution in [1.82, 2.24) is 15.3 Å². The van der Waals surface area contributed by atoms with Crippen LogP contribution in [0.1, 0.15) is 16.1 Å². The third kappa shape index (κ3) is 2.87. The van der Waals surface area contributed by atoms with Crippen molar-refractivity contribution in [3.05, 3.63) is 78.0 Å². The molecule has 5 nitrogen and oxygen atoms in total. The Labute approximate surface area is 144 Å². The number of hydrogen-bond acceptors (Lipinski definition) is 4. The summed E-state index contributed by atoms with van der Waals surface area (Å²) in [5.74, 6) is -0.196. The Bertz CT molecular complexity index is 1090. The molecule has 0 bridgehead atoms. The molecule has 3 N–H and O–H groups in total. The normalized spacial score (nSPS) is 10.9. The van der Waals surface area contributed by atoms with Gasteiger partial charge in [0.15, 0.2) is 11.5 Å². The van der Waals surface area contributed by atoms with Crippen LogP contribution in [-0.4, -0.2) is 15.9 Å². The first-order valence-electron chi connectivity index (χ1n) is 7.99. The minimum Gasteiger partial charge on any atom is -0.382 e. The number of benzene rings is 3. The summed E-state index contributed by atoms with van der Waals surface area (Å²) in [4.78, 5) is 21.1. The molecule has 122 valence electrons. The molecular weight excluding hydrogens is 312 g/mol. The van der Waals surface area contributed by atoms with E-state index < -0.39 is 0 Å². The molecule has 4 rings (SSSR count). The zero-order valence-electron chi connectivity index (χ0n) is 13.4. The average molecular weight is 328 g/mol. The predicted octanol–water partition coefficient (Wildman–Crippen LogP) is 3.30. The summed E-state index contributed by atoms with van der Waals surface area (Å²) in [6.07, 6.45) is 0. The van der Waals surface area contributed by atoms with E-state index in [4.69, 9.17) is 5.73 Å². The third-order valence-electron chi connectivity index (χ3n) is 4.13. The molecule has 1 aromatic heterocycles. The molecule has 0 fully saturated rings. The number of rotatable bonds is 3. The number of fused-ring (bicyclic) bond motifs is 2. The molecule has 25 heavy (non-hydrogen) atoms. The lowest BCUT2D eigenvalue weighted by Crippen LogP contribution is -2.25. The molecule has 1 heterocycles. The van der Waals surface area contributed by atoms with Gasteiger partial charge in [0.25, 0.3) is 5.91 Å². The monoisotopic (exact) mass is 328 g/mol. The van der Waals surface area contributed by atoms with E-state index in [0.29, 0.717) is 17.6 Å². The van der Waals surface area contributed by atoms with Crippen molar-refractivity contribution in [2.75, 3.05) is 5.73 Å². The van der Waals surface area contributed by atoms with Crippen LogP contribution in [0, 0.1) is 0 Å². The van der Waals surface area contributed by atoms with Gasteiger partial charge in [0.2, 0.25) is 0 Å². The van der Waals surface area contributed by atoms with Crippen LogP contribution in [0.25, 0.3) is 21.8 Å². The van der Waals surface area contributed by atoms with E-state index in [1.54, 1.807) is 0 Å². The maximum atomic E-state index is 12.5. The number of nitrogens with two attached hydrogens (primary N) is 1. The number of nitrogen functional groups attached to an aromatic ring is 1. The second-order valence-corrected chi connectivity index (χ2v) is 5.77. The van der Waals surface area contributed by atoms with Crippen molar-refractivity contribution < 1.29 is 4.79 Å². The second-order valence-electron chi connectivity index (χ2n) is 5.77. The highest BCUT2D eigenvalue weighted by Crippen LogP contribution is 2.19. The van der Waals surface area contributed by atoms with Crippen molar-refractivity contribution in [2.24, 2.45) is 0 Å². The highest BCUT2D eigenvalue weighted by atomic mass is 16.1. The predicted molar refractivity (Wildman–Crippen MR) is 99.1 cm³/mol. The van der Waals surface area contributed by atoms with Crippen molar-refractivity contribution in [1.29, 1.82) is 0 Å². The van der Waals surface area contributed by atoms with Crippen LogP contribution in [-0.2, 0) is 6.54 Å². The van der Waals surface area contributed by atoms with E-state index in [1.165, 1.54) is 0 Å². The maximum Gasteiger partial charge on any atom is 0.274 e. The molecule has 0 aliphatic carbocycles. The van der Waals surface area contributed by atoms with Crippen LogP contribution in [0.2, 0.25) is 0 Å². The third-order valence-corrected chi connectivity index (χ3v) is 4.13. The molecular formula is C20H16N4O. The smallest absolute Gasteiger partial charge is 0.274 e. The van der Waals surface area contributed by atoms with Gasteiger partial charge in [0, 0.05) is 6.54 Å². The Morgan fingerprint density at radius 3 is 2.40 bits per heavy atom. The number of carbonyl (C=O) groups excluding carboxylic acids is 1. The van der Waals surface area contributed by atoms with Gasteiger partial charge < -0.3 is 11.1 Å². The summed E-state index contributed by atoms with van der Waals surface area (Å²) >= 11 is 0. The van der Waals surface area contributed by atoms with Crippen LogP contribution in [0.3, 0.4) is 0 Å². The number of nitrogens with zero attached hydrogens (tertiary/aromatic N) is 2. The molecule has 4 aromatic rings. The number of hydrogen-bond donors (Lipinski definition) is 2. The summed E-state index contributed by atoms with van der Waals surface area (Å²) in [7, 11) is 0. The minimum atomic E-state index is -0.330. The van der Waals surface area contributed by atoms with E-state index in [9.17, 15) is 4.79 Å². The zero-order chi connectivity index (χ0) is 17.2. The SMILES string of the molecule is Nc1nc2ccccc2nc1C(=O)NCc1cccc2ccccc12. The molecule has 0 spiro atoms. The van der Waals surface area contributed by atoms with Crippen molar-refractivity contribution in [2.45, 2.75) is 6.54 Å². The molecule has 0 radical (unpaired) electrons. The fourth-order valence-corrected chi connectivity index (χ4v) is 2.89. The number of anilines is 1. The summed E-state index contributed by atoms with van der Waals surface area (Å²) in [5, 5.41) is 5.14. The molecule has 0 atom stereocenters. The summed E-state index contributed by atoms with van der Waals surface area (Å²) in [6.45, 7) is 0.397. The zero-order valence-corrected chi connectivity index (χ0v) is 13.4. The summed E-state index contributed by atoms with van der Waals surface area (Å²) in [6, 6.07) is 21.4. The molecule has 0 unspecified atom stereocenters. The summed E-state index contributed by atoms with van der Waals surface area (Å²) in [5.41, 5.74) is 8.42. The van der Waals surface area contributed by atoms with Crippen molar-refractivity contribution in [3.63, 3.8) is 0 Å². The second kappa shape index (κ2) is 6.20. The lowest BCUT2D eigenvalue weighted by molar-refractivity contribution is 0.0947. The quantitative estimate of drug-likeness (QED) is 0.605. The maximum absolute atomic E-state index is 12.5. The van der Waals surface area contributed by atoms with Gasteiger partial charge in [-0.25, -0.2) is 9.97 Å². The number of carbonyl (C=O) groups is 1. The van der Waals surface area contributed by atoms with Gasteiger partial charge in [-0.1, -0.05) is 54.6 Å². The van der Waals surface area contributed by atoms with Crippen LogP contribution >= 0.6 is 0 Å². The highest BCUT2D eigenvalue weighted by Gasteiger charge is 2.14. The largest absolute Gasteiger partial charge is 0.382 e. The van der Waals surface area contributed by atoms with E-state index in [-0.39, 0.29) is 17.4 Å².